The third kappa shape index (κ3) is 8.15. The van der Waals surface area contributed by atoms with Crippen LogP contribution < -0.4 is 20.9 Å². The summed E-state index contributed by atoms with van der Waals surface area (Å²) in [7, 11) is 1.61. The molecule has 0 bridgehead atoms. The Morgan fingerprint density at radius 1 is 1.12 bits per heavy atom. The zero-order chi connectivity index (χ0) is 29.4. The standard InChI is InChI=1S/C25H27F3N8O5/c1-16(41-23(38)25(26,27)28)22(37)32-18-5-3-4-17(12-18)31-21-20(35-6-10-40-11-7-35)14-29-24(34-21)33-19-13-30-36(15-19)8-9-39-2/h3-5,12-15H,1,6-11H2,2H3,(H,32,37)(H2,29,31,33,34). The van der Waals surface area contributed by atoms with Crippen molar-refractivity contribution >= 4 is 46.4 Å². The monoisotopic (exact) mass is 576 g/mol. The lowest BCUT2D eigenvalue weighted by molar-refractivity contribution is -0.195. The molecule has 3 aromatic rings. The molecule has 0 radical (unpaired) electrons. The van der Waals surface area contributed by atoms with Gasteiger partial charge in [-0.1, -0.05) is 12.6 Å². The summed E-state index contributed by atoms with van der Waals surface area (Å²) in [5.74, 6) is -3.92. The Labute approximate surface area is 232 Å². The molecule has 1 amide bonds. The number of aromatic nitrogens is 4. The number of halogens is 3. The maximum Gasteiger partial charge on any atom is 0.491 e. The largest absolute Gasteiger partial charge is 0.491 e. The Morgan fingerprint density at radius 3 is 2.61 bits per heavy atom. The van der Waals surface area contributed by atoms with Gasteiger partial charge in [0, 0.05) is 37.8 Å². The average molecular weight is 577 g/mol. The Kier molecular flexibility index (Phi) is 9.36. The first-order chi connectivity index (χ1) is 19.6. The molecule has 4 rings (SSSR count). The van der Waals surface area contributed by atoms with Gasteiger partial charge in [-0.3, -0.25) is 9.48 Å². The van der Waals surface area contributed by atoms with Crippen molar-refractivity contribution in [3.05, 3.63) is 55.2 Å². The molecule has 0 atom stereocenters. The van der Waals surface area contributed by atoms with E-state index >= 15 is 0 Å². The van der Waals surface area contributed by atoms with Crippen LogP contribution >= 0.6 is 0 Å². The smallest absolute Gasteiger partial charge is 0.415 e. The van der Waals surface area contributed by atoms with Gasteiger partial charge in [-0.2, -0.15) is 23.3 Å². The average Bonchev–Trinajstić information content (AvgIpc) is 3.39. The number of esters is 1. The van der Waals surface area contributed by atoms with Gasteiger partial charge in [0.1, 0.15) is 0 Å². The maximum absolute atomic E-state index is 12.4. The second kappa shape index (κ2) is 13.1. The predicted molar refractivity (Wildman–Crippen MR) is 142 cm³/mol. The number of rotatable bonds is 11. The van der Waals surface area contributed by atoms with Crippen LogP contribution in [0.1, 0.15) is 0 Å². The van der Waals surface area contributed by atoms with E-state index in [0.29, 0.717) is 68.3 Å². The first-order valence-electron chi connectivity index (χ1n) is 12.3. The van der Waals surface area contributed by atoms with Crippen LogP contribution in [0, 0.1) is 0 Å². The minimum Gasteiger partial charge on any atom is -0.415 e. The quantitative estimate of drug-likeness (QED) is 0.176. The van der Waals surface area contributed by atoms with Crippen LogP contribution in [0.2, 0.25) is 0 Å². The molecular weight excluding hydrogens is 549 g/mol. The Bertz CT molecular complexity index is 1390. The van der Waals surface area contributed by atoms with Crippen molar-refractivity contribution < 1.29 is 37.0 Å². The number of ether oxygens (including phenoxy) is 3. The van der Waals surface area contributed by atoms with E-state index in [4.69, 9.17) is 9.47 Å². The number of anilines is 6. The third-order valence-electron chi connectivity index (χ3n) is 5.62. The van der Waals surface area contributed by atoms with Crippen molar-refractivity contribution in [2.45, 2.75) is 12.7 Å². The van der Waals surface area contributed by atoms with Gasteiger partial charge in [0.25, 0.3) is 5.91 Å². The number of hydrogen-bond donors (Lipinski definition) is 3. The Balaban J connectivity index is 1.51. The molecule has 1 aliphatic rings. The highest BCUT2D eigenvalue weighted by molar-refractivity contribution is 6.03. The van der Waals surface area contributed by atoms with Crippen molar-refractivity contribution in [2.24, 2.45) is 0 Å². The molecule has 0 spiro atoms. The van der Waals surface area contributed by atoms with Gasteiger partial charge in [-0.05, 0) is 18.2 Å². The molecule has 218 valence electrons. The zero-order valence-corrected chi connectivity index (χ0v) is 21.9. The van der Waals surface area contributed by atoms with Crippen molar-refractivity contribution in [1.29, 1.82) is 0 Å². The van der Waals surface area contributed by atoms with E-state index in [1.165, 1.54) is 12.1 Å². The number of methoxy groups -OCH3 is 1. The second-order valence-corrected chi connectivity index (χ2v) is 8.61. The number of nitrogens with zero attached hydrogens (tertiary/aromatic N) is 5. The summed E-state index contributed by atoms with van der Waals surface area (Å²) in [5, 5.41) is 12.9. The lowest BCUT2D eigenvalue weighted by Crippen LogP contribution is -2.36. The Hall–Kier alpha value is -4.70. The molecule has 3 heterocycles. The summed E-state index contributed by atoms with van der Waals surface area (Å²) in [6.07, 6.45) is -0.171. The molecule has 2 aromatic heterocycles. The van der Waals surface area contributed by atoms with Gasteiger partial charge in [0.05, 0.1) is 50.1 Å². The second-order valence-electron chi connectivity index (χ2n) is 8.61. The predicted octanol–water partition coefficient (Wildman–Crippen LogP) is 3.20. The van der Waals surface area contributed by atoms with E-state index in [-0.39, 0.29) is 5.69 Å². The number of nitrogens with one attached hydrogen (secondary N) is 3. The van der Waals surface area contributed by atoms with Gasteiger partial charge >= 0.3 is 12.1 Å². The minimum absolute atomic E-state index is 0.202. The molecule has 41 heavy (non-hydrogen) atoms. The normalized spacial score (nSPS) is 13.4. The van der Waals surface area contributed by atoms with Gasteiger partial charge < -0.3 is 35.1 Å². The number of carbonyl (C=O) groups excluding carboxylic acids is 2. The molecule has 3 N–H and O–H groups in total. The molecule has 1 aromatic carbocycles. The first-order valence-corrected chi connectivity index (χ1v) is 12.3. The van der Waals surface area contributed by atoms with Crippen molar-refractivity contribution in [2.75, 3.05) is 60.9 Å². The van der Waals surface area contributed by atoms with Crippen molar-refractivity contribution in [1.82, 2.24) is 19.7 Å². The minimum atomic E-state index is -5.26. The highest BCUT2D eigenvalue weighted by Crippen LogP contribution is 2.30. The molecule has 1 aliphatic heterocycles. The van der Waals surface area contributed by atoms with E-state index in [1.54, 1.807) is 42.5 Å². The van der Waals surface area contributed by atoms with Crippen LogP contribution in [-0.4, -0.2) is 77.8 Å². The summed E-state index contributed by atoms with van der Waals surface area (Å²) in [6, 6.07) is 6.33. The van der Waals surface area contributed by atoms with E-state index in [9.17, 15) is 22.8 Å². The molecule has 0 saturated carbocycles. The van der Waals surface area contributed by atoms with Gasteiger partial charge in [-0.25, -0.2) is 9.78 Å². The molecule has 0 aliphatic carbocycles. The maximum atomic E-state index is 12.4. The third-order valence-corrected chi connectivity index (χ3v) is 5.62. The van der Waals surface area contributed by atoms with Gasteiger partial charge in [-0.15, -0.1) is 0 Å². The van der Waals surface area contributed by atoms with Crippen LogP contribution in [0.15, 0.2) is 55.2 Å². The van der Waals surface area contributed by atoms with Crippen molar-refractivity contribution in [3.8, 4) is 0 Å². The van der Waals surface area contributed by atoms with E-state index in [2.05, 4.69) is 47.2 Å². The number of carbonyl (C=O) groups is 2. The first kappa shape index (κ1) is 29.3. The molecule has 1 saturated heterocycles. The lowest BCUT2D eigenvalue weighted by atomic mass is 10.2. The van der Waals surface area contributed by atoms with Crippen LogP contribution in [0.25, 0.3) is 0 Å². The number of morpholine rings is 1. The van der Waals surface area contributed by atoms with E-state index in [1.807, 2.05) is 0 Å². The highest BCUT2D eigenvalue weighted by Gasteiger charge is 2.42. The zero-order valence-electron chi connectivity index (χ0n) is 21.9. The van der Waals surface area contributed by atoms with E-state index in [0.717, 1.165) is 0 Å². The number of amides is 1. The molecule has 13 nitrogen and oxygen atoms in total. The van der Waals surface area contributed by atoms with Crippen LogP contribution in [0.4, 0.5) is 47.7 Å². The summed E-state index contributed by atoms with van der Waals surface area (Å²) in [5.41, 5.74) is 2.07. The molecular formula is C25H27F3N8O5. The highest BCUT2D eigenvalue weighted by atomic mass is 19.4. The number of hydrogen-bond acceptors (Lipinski definition) is 11. The van der Waals surface area contributed by atoms with Crippen LogP contribution in [-0.2, 0) is 30.3 Å². The summed E-state index contributed by atoms with van der Waals surface area (Å²) in [6.45, 7) is 6.48. The molecule has 0 unspecified atom stereocenters. The fourth-order valence-electron chi connectivity index (χ4n) is 3.66. The fourth-order valence-corrected chi connectivity index (χ4v) is 3.66. The fraction of sp³-hybridized carbons (Fsp3) is 0.320. The number of alkyl halides is 3. The lowest BCUT2D eigenvalue weighted by Gasteiger charge is -2.30. The topological polar surface area (TPSA) is 145 Å². The van der Waals surface area contributed by atoms with Gasteiger partial charge in [0.2, 0.25) is 5.95 Å². The number of benzene rings is 1. The Morgan fingerprint density at radius 2 is 1.88 bits per heavy atom. The summed E-state index contributed by atoms with van der Waals surface area (Å²) < 4.78 is 53.5. The SMILES string of the molecule is C=C(OC(=O)C(F)(F)F)C(=O)Nc1cccc(Nc2nc(Nc3cnn(CCOC)c3)ncc2N2CCOCC2)c1. The summed E-state index contributed by atoms with van der Waals surface area (Å²) in [4.78, 5) is 34.4. The van der Waals surface area contributed by atoms with Crippen molar-refractivity contribution in [3.63, 3.8) is 0 Å². The van der Waals surface area contributed by atoms with Crippen LogP contribution in [0.3, 0.4) is 0 Å². The van der Waals surface area contributed by atoms with Gasteiger partial charge in [0.15, 0.2) is 11.6 Å². The summed E-state index contributed by atoms with van der Waals surface area (Å²) >= 11 is 0. The molecule has 1 fully saturated rings. The molecule has 16 heteroatoms. The van der Waals surface area contributed by atoms with E-state index < -0.39 is 23.8 Å². The van der Waals surface area contributed by atoms with Crippen LogP contribution in [0.5, 0.6) is 0 Å².